The summed E-state index contributed by atoms with van der Waals surface area (Å²) in [5.74, 6) is -1.03. The molecule has 2 unspecified atom stereocenters. The van der Waals surface area contributed by atoms with Crippen LogP contribution in [0.5, 0.6) is 0 Å². The summed E-state index contributed by atoms with van der Waals surface area (Å²) in [6.07, 6.45) is 14.6. The highest BCUT2D eigenvalue weighted by Crippen LogP contribution is 2.13. The Morgan fingerprint density at radius 3 is 1.02 bits per heavy atom. The Balaban J connectivity index is 1.42. The summed E-state index contributed by atoms with van der Waals surface area (Å²) in [4.78, 5) is 46.4. The highest BCUT2D eigenvalue weighted by Gasteiger charge is 2.21. The highest BCUT2D eigenvalue weighted by molar-refractivity contribution is 5.94. The molecule has 6 N–H and O–H groups in total. The van der Waals surface area contributed by atoms with Crippen molar-refractivity contribution in [3.63, 3.8) is 0 Å². The number of hydrogen-bond acceptors (Lipinski definition) is 6. The first-order chi connectivity index (χ1) is 22.3. The van der Waals surface area contributed by atoms with Gasteiger partial charge >= 0.3 is 12.2 Å². The van der Waals surface area contributed by atoms with Crippen molar-refractivity contribution in [1.82, 2.24) is 21.3 Å². The predicted octanol–water partition coefficient (Wildman–Crippen LogP) is 6.44. The number of carboxylic acid groups (broad SMARTS) is 2. The molecule has 0 heterocycles. The first kappa shape index (κ1) is 38.4. The normalized spacial score (nSPS) is 12.3. The van der Waals surface area contributed by atoms with Gasteiger partial charge in [-0.15, -0.1) is 0 Å². The summed E-state index contributed by atoms with van der Waals surface area (Å²) < 4.78 is 0. The van der Waals surface area contributed by atoms with Crippen LogP contribution in [0.1, 0.15) is 101 Å². The maximum Gasteiger partial charge on any atom is 0.411 e. The maximum atomic E-state index is 12.3. The van der Waals surface area contributed by atoms with Crippen LogP contribution in [-0.4, -0.2) is 59.4 Å². The zero-order valence-corrected chi connectivity index (χ0v) is 27.2. The molecule has 0 spiro atoms. The lowest BCUT2D eigenvalue weighted by Crippen LogP contribution is -2.47. The van der Waals surface area contributed by atoms with Crippen molar-refractivity contribution in [2.24, 2.45) is 0 Å². The van der Waals surface area contributed by atoms with Crippen molar-refractivity contribution < 1.29 is 29.4 Å². The van der Waals surface area contributed by atoms with Crippen LogP contribution in [0.2, 0.25) is 0 Å². The molecule has 10 nitrogen and oxygen atoms in total. The number of carbonyl (C=O) groups is 4. The third-order valence-corrected chi connectivity index (χ3v) is 8.04. The lowest BCUT2D eigenvalue weighted by Gasteiger charge is -2.17. The van der Waals surface area contributed by atoms with Crippen molar-refractivity contribution in [2.75, 3.05) is 13.1 Å². The Bertz CT molecular complexity index is 1040. The zero-order chi connectivity index (χ0) is 33.2. The summed E-state index contributed by atoms with van der Waals surface area (Å²) >= 11 is 0. The van der Waals surface area contributed by atoms with E-state index in [1.165, 1.54) is 64.2 Å². The summed E-state index contributed by atoms with van der Waals surface area (Å²) in [5.41, 5.74) is 1.98. The van der Waals surface area contributed by atoms with Crippen molar-refractivity contribution in [2.45, 2.75) is 115 Å². The molecule has 2 aromatic rings. The average molecular weight is 639 g/mol. The van der Waals surface area contributed by atoms with Gasteiger partial charge in [0.05, 0.1) is 12.1 Å². The Kier molecular flexibility index (Phi) is 20.4. The lowest BCUT2D eigenvalue weighted by molar-refractivity contribution is -0.123. The molecule has 0 fully saturated rings. The second kappa shape index (κ2) is 24.5. The smallest absolute Gasteiger partial charge is 0.411 e. The van der Waals surface area contributed by atoms with E-state index in [0.717, 1.165) is 36.8 Å². The van der Waals surface area contributed by atoms with E-state index in [1.807, 2.05) is 71.3 Å². The van der Waals surface area contributed by atoms with Gasteiger partial charge in [-0.2, -0.15) is 0 Å². The van der Waals surface area contributed by atoms with Crippen molar-refractivity contribution in [3.8, 4) is 0 Å². The molecule has 0 aromatic heterocycles. The van der Waals surface area contributed by atoms with Gasteiger partial charge in [-0.1, -0.05) is 138 Å². The van der Waals surface area contributed by atoms with Gasteiger partial charge in [0, 0.05) is 0 Å². The van der Waals surface area contributed by atoms with Crippen LogP contribution in [0.3, 0.4) is 0 Å². The standard InChI is InChI=1S/C36H54N4O6/c41-33(39-35(43)44)31(27-29-21-15-13-16-22-29)37-25-19-11-9-7-5-3-1-2-4-6-8-10-12-20-26-38-32(34(42)40-36(45)46)28-30-23-17-14-18-24-30/h13-18,21-24,31-32,37-38H,1-12,19-20,25-28H2,(H,39,41)(H,40,42)(H,43,44)(H,45,46). The Labute approximate surface area is 274 Å². The molecule has 0 saturated heterocycles. The number of nitrogens with one attached hydrogen (secondary N) is 4. The van der Waals surface area contributed by atoms with E-state index in [-0.39, 0.29) is 0 Å². The topological polar surface area (TPSA) is 157 Å². The minimum Gasteiger partial charge on any atom is -0.465 e. The van der Waals surface area contributed by atoms with Crippen molar-refractivity contribution >= 4 is 24.0 Å². The fraction of sp³-hybridized carbons (Fsp3) is 0.556. The van der Waals surface area contributed by atoms with Gasteiger partial charge in [0.15, 0.2) is 0 Å². The van der Waals surface area contributed by atoms with Crippen LogP contribution < -0.4 is 21.3 Å². The van der Waals surface area contributed by atoms with Crippen LogP contribution in [0, 0.1) is 0 Å². The molecule has 0 saturated carbocycles. The van der Waals surface area contributed by atoms with E-state index in [9.17, 15) is 19.2 Å². The van der Waals surface area contributed by atoms with Gasteiger partial charge in [-0.3, -0.25) is 20.2 Å². The Hall–Kier alpha value is -3.76. The van der Waals surface area contributed by atoms with Gasteiger partial charge in [-0.25, -0.2) is 9.59 Å². The Morgan fingerprint density at radius 1 is 0.457 bits per heavy atom. The van der Waals surface area contributed by atoms with Crippen LogP contribution in [0.4, 0.5) is 9.59 Å². The third kappa shape index (κ3) is 18.9. The molecule has 46 heavy (non-hydrogen) atoms. The Morgan fingerprint density at radius 2 is 0.739 bits per heavy atom. The molecular formula is C36H54N4O6. The van der Waals surface area contributed by atoms with Crippen LogP contribution >= 0.6 is 0 Å². The van der Waals surface area contributed by atoms with E-state index in [1.54, 1.807) is 0 Å². The van der Waals surface area contributed by atoms with E-state index in [0.29, 0.717) is 25.9 Å². The first-order valence-electron chi connectivity index (χ1n) is 17.0. The molecule has 10 heteroatoms. The monoisotopic (exact) mass is 638 g/mol. The summed E-state index contributed by atoms with van der Waals surface area (Å²) in [6.45, 7) is 1.36. The molecule has 0 aliphatic rings. The van der Waals surface area contributed by atoms with Crippen LogP contribution in [0.25, 0.3) is 0 Å². The fourth-order valence-electron chi connectivity index (χ4n) is 5.52. The SMILES string of the molecule is O=C(O)NC(=O)C(Cc1ccccc1)NCCCCCCCCCCCCCCCCNC(Cc1ccccc1)C(=O)NC(=O)O. The van der Waals surface area contributed by atoms with Gasteiger partial charge in [0.1, 0.15) is 0 Å². The van der Waals surface area contributed by atoms with E-state index >= 15 is 0 Å². The molecule has 0 radical (unpaired) electrons. The molecular weight excluding hydrogens is 584 g/mol. The second-order valence-electron chi connectivity index (χ2n) is 11.9. The molecule has 0 aliphatic heterocycles. The summed E-state index contributed by atoms with van der Waals surface area (Å²) in [5, 5.41) is 28.2. The number of unbranched alkanes of at least 4 members (excludes halogenated alkanes) is 13. The number of rotatable bonds is 25. The average Bonchev–Trinajstić information content (AvgIpc) is 3.03. The van der Waals surface area contributed by atoms with Gasteiger partial charge < -0.3 is 20.8 Å². The van der Waals surface area contributed by atoms with Gasteiger partial charge in [-0.05, 0) is 49.9 Å². The molecule has 0 bridgehead atoms. The number of benzene rings is 2. The van der Waals surface area contributed by atoms with Gasteiger partial charge in [0.2, 0.25) is 11.8 Å². The predicted molar refractivity (Wildman–Crippen MR) is 181 cm³/mol. The van der Waals surface area contributed by atoms with Gasteiger partial charge in [0.25, 0.3) is 0 Å². The molecule has 2 rings (SSSR count). The summed E-state index contributed by atoms with van der Waals surface area (Å²) in [6, 6.07) is 18.1. The van der Waals surface area contributed by atoms with E-state index < -0.39 is 36.1 Å². The minimum atomic E-state index is -1.33. The second-order valence-corrected chi connectivity index (χ2v) is 11.9. The minimum absolute atomic E-state index is 0.451. The largest absolute Gasteiger partial charge is 0.465 e. The molecule has 2 aromatic carbocycles. The fourth-order valence-corrected chi connectivity index (χ4v) is 5.52. The van der Waals surface area contributed by atoms with Crippen molar-refractivity contribution in [1.29, 1.82) is 0 Å². The maximum absolute atomic E-state index is 12.3. The van der Waals surface area contributed by atoms with E-state index in [4.69, 9.17) is 10.2 Å². The number of hydrogen-bond donors (Lipinski definition) is 6. The third-order valence-electron chi connectivity index (χ3n) is 8.04. The highest BCUT2D eigenvalue weighted by atomic mass is 16.4. The van der Waals surface area contributed by atoms with Crippen molar-refractivity contribution in [3.05, 3.63) is 71.8 Å². The quantitative estimate of drug-likeness (QED) is 0.0679. The molecule has 0 aliphatic carbocycles. The zero-order valence-electron chi connectivity index (χ0n) is 27.2. The summed E-state index contributed by atoms with van der Waals surface area (Å²) in [7, 11) is 0. The van der Waals surface area contributed by atoms with E-state index in [2.05, 4.69) is 10.6 Å². The first-order valence-corrected chi connectivity index (χ1v) is 17.0. The molecule has 254 valence electrons. The molecule has 4 amide bonds. The number of carbonyl (C=O) groups excluding carboxylic acids is 2. The number of amides is 4. The number of imide groups is 2. The van der Waals surface area contributed by atoms with Crippen LogP contribution in [-0.2, 0) is 22.4 Å². The van der Waals surface area contributed by atoms with Crippen LogP contribution in [0.15, 0.2) is 60.7 Å². The lowest BCUT2D eigenvalue weighted by atomic mass is 10.0. The molecule has 2 atom stereocenters.